The standard InChI is InChI=1S/C16H25NO3/c1-4-15(2)11-16(12-18,9-10-20-15)17-13-7-5-6-8-14(13)19-3/h5-8,17-18H,4,9-12H2,1-3H3. The second kappa shape index (κ2) is 6.02. The van der Waals surface area contributed by atoms with Gasteiger partial charge in [0.2, 0.25) is 0 Å². The number of anilines is 1. The van der Waals surface area contributed by atoms with E-state index in [1.54, 1.807) is 7.11 Å². The molecule has 1 fully saturated rings. The molecule has 1 heterocycles. The van der Waals surface area contributed by atoms with Crippen LogP contribution in [0.25, 0.3) is 0 Å². The smallest absolute Gasteiger partial charge is 0.141 e. The number of ether oxygens (including phenoxy) is 2. The van der Waals surface area contributed by atoms with E-state index < -0.39 is 0 Å². The van der Waals surface area contributed by atoms with E-state index in [0.29, 0.717) is 6.61 Å². The Kier molecular flexibility index (Phi) is 4.55. The van der Waals surface area contributed by atoms with Crippen LogP contribution in [0.1, 0.15) is 33.1 Å². The zero-order valence-electron chi connectivity index (χ0n) is 12.6. The molecule has 2 atom stereocenters. The summed E-state index contributed by atoms with van der Waals surface area (Å²) in [6.45, 7) is 4.98. The van der Waals surface area contributed by atoms with Crippen LogP contribution < -0.4 is 10.1 Å². The quantitative estimate of drug-likeness (QED) is 0.870. The van der Waals surface area contributed by atoms with Gasteiger partial charge in [0.15, 0.2) is 0 Å². The summed E-state index contributed by atoms with van der Waals surface area (Å²) in [7, 11) is 1.66. The Morgan fingerprint density at radius 3 is 2.80 bits per heavy atom. The molecule has 2 N–H and O–H groups in total. The van der Waals surface area contributed by atoms with Crippen LogP contribution in [0.4, 0.5) is 5.69 Å². The van der Waals surface area contributed by atoms with Crippen molar-refractivity contribution in [1.29, 1.82) is 0 Å². The van der Waals surface area contributed by atoms with Gasteiger partial charge in [-0.2, -0.15) is 0 Å². The third-order valence-electron chi connectivity index (χ3n) is 4.30. The van der Waals surface area contributed by atoms with Gasteiger partial charge in [0.25, 0.3) is 0 Å². The minimum Gasteiger partial charge on any atom is -0.495 e. The fourth-order valence-electron chi connectivity index (χ4n) is 2.89. The molecule has 0 radical (unpaired) electrons. The molecule has 0 aromatic heterocycles. The minimum absolute atomic E-state index is 0.0873. The molecule has 1 aromatic carbocycles. The summed E-state index contributed by atoms with van der Waals surface area (Å²) >= 11 is 0. The van der Waals surface area contributed by atoms with Crippen LogP contribution in [0.3, 0.4) is 0 Å². The highest BCUT2D eigenvalue weighted by Gasteiger charge is 2.42. The molecule has 0 saturated carbocycles. The minimum atomic E-state index is -0.350. The maximum Gasteiger partial charge on any atom is 0.141 e. The van der Waals surface area contributed by atoms with Crippen LogP contribution >= 0.6 is 0 Å². The third kappa shape index (κ3) is 3.07. The van der Waals surface area contributed by atoms with Crippen LogP contribution in [-0.4, -0.2) is 36.6 Å². The van der Waals surface area contributed by atoms with E-state index in [9.17, 15) is 5.11 Å². The first kappa shape index (κ1) is 15.1. The lowest BCUT2D eigenvalue weighted by Crippen LogP contribution is -2.54. The van der Waals surface area contributed by atoms with Gasteiger partial charge in [0.05, 0.1) is 30.5 Å². The van der Waals surface area contributed by atoms with Crippen molar-refractivity contribution >= 4 is 5.69 Å². The molecule has 0 spiro atoms. The first-order valence-electron chi connectivity index (χ1n) is 7.22. The Balaban J connectivity index is 2.23. The highest BCUT2D eigenvalue weighted by molar-refractivity contribution is 5.57. The Hall–Kier alpha value is -1.26. The van der Waals surface area contributed by atoms with Crippen molar-refractivity contribution in [3.05, 3.63) is 24.3 Å². The van der Waals surface area contributed by atoms with E-state index >= 15 is 0 Å². The maximum absolute atomic E-state index is 9.94. The molecule has 0 amide bonds. The Bertz CT molecular complexity index is 451. The monoisotopic (exact) mass is 279 g/mol. The van der Waals surface area contributed by atoms with Crippen LogP contribution in [-0.2, 0) is 4.74 Å². The Labute approximate surface area is 121 Å². The summed E-state index contributed by atoms with van der Waals surface area (Å²) in [6.07, 6.45) is 2.50. The summed E-state index contributed by atoms with van der Waals surface area (Å²) in [6, 6.07) is 7.81. The van der Waals surface area contributed by atoms with Crippen molar-refractivity contribution in [2.24, 2.45) is 0 Å². The van der Waals surface area contributed by atoms with E-state index in [1.165, 1.54) is 0 Å². The molecular formula is C16H25NO3. The normalized spacial score (nSPS) is 30.0. The summed E-state index contributed by atoms with van der Waals surface area (Å²) in [5, 5.41) is 13.4. The van der Waals surface area contributed by atoms with Gasteiger partial charge < -0.3 is 19.9 Å². The Morgan fingerprint density at radius 1 is 1.40 bits per heavy atom. The van der Waals surface area contributed by atoms with Crippen molar-refractivity contribution in [2.45, 2.75) is 44.2 Å². The second-order valence-electron chi connectivity index (χ2n) is 5.84. The third-order valence-corrected chi connectivity index (χ3v) is 4.30. The topological polar surface area (TPSA) is 50.7 Å². The summed E-state index contributed by atoms with van der Waals surface area (Å²) in [4.78, 5) is 0. The lowest BCUT2D eigenvalue weighted by Gasteiger charge is -2.46. The largest absolute Gasteiger partial charge is 0.495 e. The van der Waals surface area contributed by atoms with Gasteiger partial charge in [-0.3, -0.25) is 0 Å². The number of benzene rings is 1. The van der Waals surface area contributed by atoms with Gasteiger partial charge in [-0.25, -0.2) is 0 Å². The van der Waals surface area contributed by atoms with E-state index in [2.05, 4.69) is 19.2 Å². The Morgan fingerprint density at radius 2 is 2.15 bits per heavy atom. The number of rotatable bonds is 5. The number of nitrogens with one attached hydrogen (secondary N) is 1. The zero-order valence-corrected chi connectivity index (χ0v) is 12.6. The first-order chi connectivity index (χ1) is 9.56. The van der Waals surface area contributed by atoms with Gasteiger partial charge in [-0.05, 0) is 31.9 Å². The number of aliphatic hydroxyl groups is 1. The van der Waals surface area contributed by atoms with E-state index in [-0.39, 0.29) is 17.7 Å². The molecule has 1 aliphatic rings. The van der Waals surface area contributed by atoms with Gasteiger partial charge in [0, 0.05) is 13.0 Å². The van der Waals surface area contributed by atoms with Crippen LogP contribution in [0, 0.1) is 0 Å². The van der Waals surface area contributed by atoms with Crippen LogP contribution in [0.2, 0.25) is 0 Å². The molecular weight excluding hydrogens is 254 g/mol. The number of hydrogen-bond donors (Lipinski definition) is 2. The number of hydrogen-bond acceptors (Lipinski definition) is 4. The number of aliphatic hydroxyl groups excluding tert-OH is 1. The highest BCUT2D eigenvalue weighted by atomic mass is 16.5. The number of methoxy groups -OCH3 is 1. The number of para-hydroxylation sites is 2. The van der Waals surface area contributed by atoms with E-state index in [1.807, 2.05) is 24.3 Å². The summed E-state index contributed by atoms with van der Waals surface area (Å²) < 4.78 is 11.3. The van der Waals surface area contributed by atoms with Crippen molar-refractivity contribution in [2.75, 3.05) is 25.6 Å². The second-order valence-corrected chi connectivity index (χ2v) is 5.84. The zero-order chi connectivity index (χ0) is 14.6. The average Bonchev–Trinajstić information content (AvgIpc) is 2.48. The summed E-state index contributed by atoms with van der Waals surface area (Å²) in [5.41, 5.74) is 0.387. The van der Waals surface area contributed by atoms with Gasteiger partial charge in [-0.15, -0.1) is 0 Å². The lowest BCUT2D eigenvalue weighted by molar-refractivity contribution is -0.0974. The molecule has 1 aromatic rings. The molecule has 112 valence electrons. The van der Waals surface area contributed by atoms with Gasteiger partial charge in [-0.1, -0.05) is 19.1 Å². The average molecular weight is 279 g/mol. The molecule has 2 unspecified atom stereocenters. The molecule has 0 bridgehead atoms. The summed E-state index contributed by atoms with van der Waals surface area (Å²) in [5.74, 6) is 0.796. The lowest BCUT2D eigenvalue weighted by atomic mass is 9.79. The van der Waals surface area contributed by atoms with Gasteiger partial charge in [0.1, 0.15) is 5.75 Å². The van der Waals surface area contributed by atoms with E-state index in [4.69, 9.17) is 9.47 Å². The fourth-order valence-corrected chi connectivity index (χ4v) is 2.89. The maximum atomic E-state index is 9.94. The van der Waals surface area contributed by atoms with Crippen LogP contribution in [0.15, 0.2) is 24.3 Å². The van der Waals surface area contributed by atoms with Gasteiger partial charge >= 0.3 is 0 Å². The molecule has 4 heteroatoms. The highest BCUT2D eigenvalue weighted by Crippen LogP contribution is 2.38. The molecule has 1 aliphatic heterocycles. The van der Waals surface area contributed by atoms with Crippen molar-refractivity contribution in [3.63, 3.8) is 0 Å². The van der Waals surface area contributed by atoms with Crippen molar-refractivity contribution in [1.82, 2.24) is 0 Å². The van der Waals surface area contributed by atoms with E-state index in [0.717, 1.165) is 30.7 Å². The molecule has 20 heavy (non-hydrogen) atoms. The van der Waals surface area contributed by atoms with Crippen molar-refractivity contribution < 1.29 is 14.6 Å². The SMILES string of the molecule is CCC1(C)CC(CO)(Nc2ccccc2OC)CCO1. The van der Waals surface area contributed by atoms with Crippen LogP contribution in [0.5, 0.6) is 5.75 Å². The predicted octanol–water partition coefficient (Wildman–Crippen LogP) is 2.82. The fraction of sp³-hybridized carbons (Fsp3) is 0.625. The molecule has 0 aliphatic carbocycles. The first-order valence-corrected chi connectivity index (χ1v) is 7.22. The predicted molar refractivity (Wildman–Crippen MR) is 80.3 cm³/mol. The molecule has 2 rings (SSSR count). The van der Waals surface area contributed by atoms with Crippen molar-refractivity contribution in [3.8, 4) is 5.75 Å². The molecule has 1 saturated heterocycles. The molecule has 4 nitrogen and oxygen atoms in total.